The van der Waals surface area contributed by atoms with E-state index in [2.05, 4.69) is 13.8 Å². The van der Waals surface area contributed by atoms with Crippen LogP contribution in [-0.2, 0) is 32.7 Å². The summed E-state index contributed by atoms with van der Waals surface area (Å²) in [4.78, 5) is 35.1. The number of rotatable bonds is 28. The van der Waals surface area contributed by atoms with Crippen LogP contribution >= 0.6 is 7.82 Å². The number of esters is 2. The van der Waals surface area contributed by atoms with Gasteiger partial charge in [0.1, 0.15) is 43.2 Å². The van der Waals surface area contributed by atoms with Crippen molar-refractivity contribution in [3.05, 3.63) is 0 Å². The topological polar surface area (TPSA) is 210 Å². The molecule has 0 heterocycles. The Morgan fingerprint density at radius 3 is 1.40 bits per heavy atom. The van der Waals surface area contributed by atoms with E-state index in [1.54, 1.807) is 0 Å². The van der Waals surface area contributed by atoms with Gasteiger partial charge >= 0.3 is 19.8 Å². The predicted molar refractivity (Wildman–Crippen MR) is 175 cm³/mol. The lowest BCUT2D eigenvalue weighted by atomic mass is 9.85. The Morgan fingerprint density at radius 1 is 0.574 bits per heavy atom. The fourth-order valence-corrected chi connectivity index (χ4v) is 6.43. The van der Waals surface area contributed by atoms with Crippen LogP contribution in [0.5, 0.6) is 0 Å². The van der Waals surface area contributed by atoms with Crippen molar-refractivity contribution in [3.63, 3.8) is 0 Å². The van der Waals surface area contributed by atoms with Gasteiger partial charge in [-0.3, -0.25) is 18.6 Å². The summed E-state index contributed by atoms with van der Waals surface area (Å²) in [6.07, 6.45) is 6.59. The number of hydrogen-bond donors (Lipinski definition) is 6. The van der Waals surface area contributed by atoms with E-state index in [-0.39, 0.29) is 12.8 Å². The molecule has 6 N–H and O–H groups in total. The second-order valence-corrected chi connectivity index (χ2v) is 14.1. The van der Waals surface area contributed by atoms with Crippen LogP contribution in [0, 0.1) is 0 Å². The second kappa shape index (κ2) is 25.8. The quantitative estimate of drug-likeness (QED) is 0.0375. The molecule has 0 radical (unpaired) electrons. The molecule has 6 unspecified atom stereocenters. The SMILES string of the molecule is CCCCCCCCCCCCCCC(=O)OC(COC(=O)CCCCCCCC)COP(=O)(O)OC1C(O)C(O)C(O)C(O)C1O. The summed E-state index contributed by atoms with van der Waals surface area (Å²) in [6.45, 7) is 3.17. The van der Waals surface area contributed by atoms with E-state index < -0.39 is 75.7 Å². The average molecular weight is 699 g/mol. The van der Waals surface area contributed by atoms with Gasteiger partial charge in [-0.2, -0.15) is 0 Å². The Labute approximate surface area is 281 Å². The van der Waals surface area contributed by atoms with E-state index in [4.69, 9.17) is 18.5 Å². The van der Waals surface area contributed by atoms with Crippen LogP contribution in [0.3, 0.4) is 0 Å². The summed E-state index contributed by atoms with van der Waals surface area (Å²) in [5.41, 5.74) is 0. The van der Waals surface area contributed by atoms with E-state index in [0.29, 0.717) is 12.8 Å². The Bertz CT molecular complexity index is 859. The summed E-state index contributed by atoms with van der Waals surface area (Å²) in [6, 6.07) is 0. The first-order valence-electron chi connectivity index (χ1n) is 17.8. The first kappa shape index (κ1) is 43.9. The van der Waals surface area contributed by atoms with Crippen LogP contribution in [0.2, 0.25) is 0 Å². The molecule has 0 aliphatic heterocycles. The van der Waals surface area contributed by atoms with Gasteiger partial charge in [-0.15, -0.1) is 0 Å². The number of carbonyl (C=O) groups excluding carboxylic acids is 2. The number of ether oxygens (including phenoxy) is 2. The molecule has 0 aromatic heterocycles. The van der Waals surface area contributed by atoms with Gasteiger partial charge < -0.3 is 39.9 Å². The standard InChI is InChI=1S/C33H63O13P/c1-3-5-7-9-11-12-13-14-15-16-18-20-22-27(35)45-25(23-43-26(34)21-19-17-10-8-6-4-2)24-44-47(41,42)46-33-31(39)29(37)28(36)30(38)32(33)40/h25,28-33,36-40H,3-24H2,1-2H3,(H,41,42). The molecule has 0 aromatic carbocycles. The van der Waals surface area contributed by atoms with Crippen LogP contribution in [0.25, 0.3) is 0 Å². The fourth-order valence-electron chi connectivity index (χ4n) is 5.46. The van der Waals surface area contributed by atoms with Crippen LogP contribution in [0.4, 0.5) is 0 Å². The summed E-state index contributed by atoms with van der Waals surface area (Å²) in [5.74, 6) is -1.11. The highest BCUT2D eigenvalue weighted by Crippen LogP contribution is 2.47. The molecular formula is C33H63O13P. The maximum absolute atomic E-state index is 12.7. The molecule has 1 aliphatic rings. The van der Waals surface area contributed by atoms with Crippen LogP contribution in [0.15, 0.2) is 0 Å². The monoisotopic (exact) mass is 698 g/mol. The number of aliphatic hydroxyl groups is 5. The van der Waals surface area contributed by atoms with Gasteiger partial charge in [0.25, 0.3) is 0 Å². The minimum absolute atomic E-state index is 0.103. The number of aliphatic hydroxyl groups excluding tert-OH is 5. The van der Waals surface area contributed by atoms with Crippen molar-refractivity contribution >= 4 is 19.8 Å². The largest absolute Gasteiger partial charge is 0.472 e. The molecule has 0 amide bonds. The number of hydrogen-bond acceptors (Lipinski definition) is 12. The zero-order chi connectivity index (χ0) is 35.1. The highest BCUT2D eigenvalue weighted by atomic mass is 31.2. The summed E-state index contributed by atoms with van der Waals surface area (Å²) < 4.78 is 33.1. The summed E-state index contributed by atoms with van der Waals surface area (Å²) >= 11 is 0. The summed E-state index contributed by atoms with van der Waals surface area (Å²) in [5, 5.41) is 49.7. The van der Waals surface area contributed by atoms with Crippen molar-refractivity contribution in [3.8, 4) is 0 Å². The smallest absolute Gasteiger partial charge is 0.462 e. The third-order valence-electron chi connectivity index (χ3n) is 8.45. The number of unbranched alkanes of at least 4 members (excludes halogenated alkanes) is 16. The van der Waals surface area contributed by atoms with Crippen LogP contribution in [-0.4, -0.2) is 98.3 Å². The maximum Gasteiger partial charge on any atom is 0.472 e. The highest BCUT2D eigenvalue weighted by molar-refractivity contribution is 7.47. The van der Waals surface area contributed by atoms with Crippen molar-refractivity contribution < 1.29 is 63.1 Å². The molecular weight excluding hydrogens is 635 g/mol. The van der Waals surface area contributed by atoms with E-state index in [9.17, 15) is 44.6 Å². The van der Waals surface area contributed by atoms with Crippen molar-refractivity contribution in [1.29, 1.82) is 0 Å². The lowest BCUT2D eigenvalue weighted by Crippen LogP contribution is -2.64. The predicted octanol–water partition coefficient (Wildman–Crippen LogP) is 4.60. The van der Waals surface area contributed by atoms with Gasteiger partial charge in [0.15, 0.2) is 6.10 Å². The van der Waals surface area contributed by atoms with E-state index in [1.807, 2.05) is 0 Å². The van der Waals surface area contributed by atoms with E-state index in [1.165, 1.54) is 51.4 Å². The van der Waals surface area contributed by atoms with Crippen molar-refractivity contribution in [1.82, 2.24) is 0 Å². The van der Waals surface area contributed by atoms with Gasteiger partial charge in [0, 0.05) is 12.8 Å². The van der Waals surface area contributed by atoms with Gasteiger partial charge in [0.05, 0.1) is 6.61 Å². The molecule has 0 spiro atoms. The molecule has 6 atom stereocenters. The molecule has 14 heteroatoms. The second-order valence-electron chi connectivity index (χ2n) is 12.7. The third-order valence-corrected chi connectivity index (χ3v) is 9.43. The molecule has 1 fully saturated rings. The normalized spacial score (nSPS) is 24.9. The minimum atomic E-state index is -5.09. The van der Waals surface area contributed by atoms with E-state index >= 15 is 0 Å². The number of phosphoric ester groups is 1. The number of carbonyl (C=O) groups is 2. The molecule has 1 aliphatic carbocycles. The first-order chi connectivity index (χ1) is 22.4. The zero-order valence-electron chi connectivity index (χ0n) is 28.6. The lowest BCUT2D eigenvalue weighted by molar-refractivity contribution is -0.220. The molecule has 0 aromatic rings. The molecule has 47 heavy (non-hydrogen) atoms. The third kappa shape index (κ3) is 19.6. The average Bonchev–Trinajstić information content (AvgIpc) is 3.04. The Hall–Kier alpha value is -1.15. The van der Waals surface area contributed by atoms with Crippen LogP contribution < -0.4 is 0 Å². The Morgan fingerprint density at radius 2 is 0.957 bits per heavy atom. The van der Waals surface area contributed by atoms with Gasteiger partial charge in [0.2, 0.25) is 0 Å². The lowest BCUT2D eigenvalue weighted by Gasteiger charge is -2.41. The van der Waals surface area contributed by atoms with Crippen LogP contribution in [0.1, 0.15) is 142 Å². The molecule has 278 valence electrons. The number of phosphoric acid groups is 1. The van der Waals surface area contributed by atoms with Gasteiger partial charge in [-0.25, -0.2) is 4.57 Å². The Balaban J connectivity index is 2.56. The molecule has 0 bridgehead atoms. The molecule has 1 saturated carbocycles. The Kier molecular flexibility index (Phi) is 24.1. The zero-order valence-corrected chi connectivity index (χ0v) is 29.5. The molecule has 0 saturated heterocycles. The van der Waals surface area contributed by atoms with E-state index in [0.717, 1.165) is 51.4 Å². The van der Waals surface area contributed by atoms with Crippen molar-refractivity contribution in [2.75, 3.05) is 13.2 Å². The summed E-state index contributed by atoms with van der Waals surface area (Å²) in [7, 11) is -5.09. The van der Waals surface area contributed by atoms with Crippen molar-refractivity contribution in [2.24, 2.45) is 0 Å². The fraction of sp³-hybridized carbons (Fsp3) is 0.939. The maximum atomic E-state index is 12.7. The highest BCUT2D eigenvalue weighted by Gasteiger charge is 2.51. The molecule has 1 rings (SSSR count). The first-order valence-corrected chi connectivity index (χ1v) is 19.3. The van der Waals surface area contributed by atoms with Gasteiger partial charge in [-0.1, -0.05) is 117 Å². The van der Waals surface area contributed by atoms with Crippen molar-refractivity contribution in [2.45, 2.75) is 185 Å². The molecule has 13 nitrogen and oxygen atoms in total. The minimum Gasteiger partial charge on any atom is -0.462 e. The van der Waals surface area contributed by atoms with Gasteiger partial charge in [-0.05, 0) is 12.8 Å².